The van der Waals surface area contributed by atoms with Crippen LogP contribution >= 0.6 is 0 Å². The van der Waals surface area contributed by atoms with Crippen LogP contribution in [0.1, 0.15) is 85.2 Å². The molecule has 3 heterocycles. The van der Waals surface area contributed by atoms with Gasteiger partial charge in [-0.2, -0.15) is 15.3 Å². The highest BCUT2D eigenvalue weighted by atomic mass is 16.4. The zero-order valence-electron chi connectivity index (χ0n) is 22.7. The van der Waals surface area contributed by atoms with Crippen LogP contribution in [0.2, 0.25) is 0 Å². The zero-order chi connectivity index (χ0) is 27.6. The summed E-state index contributed by atoms with van der Waals surface area (Å²) in [5, 5.41) is 22.3. The van der Waals surface area contributed by atoms with Crippen molar-refractivity contribution in [2.24, 2.45) is 0 Å². The van der Waals surface area contributed by atoms with E-state index in [0.717, 1.165) is 66.5 Å². The number of aromatic nitrogens is 6. The van der Waals surface area contributed by atoms with Crippen LogP contribution in [0.4, 0.5) is 0 Å². The largest absolute Gasteiger partial charge is 0.425 e. The highest BCUT2D eigenvalue weighted by molar-refractivity contribution is 5.70. The molecule has 1 saturated carbocycles. The summed E-state index contributed by atoms with van der Waals surface area (Å²) in [6.07, 6.45) is 7.07. The molecular formula is C31H31N7O2. The van der Waals surface area contributed by atoms with Crippen molar-refractivity contribution in [2.75, 3.05) is 0 Å². The van der Waals surface area contributed by atoms with Gasteiger partial charge >= 0.3 is 0 Å². The Hall–Kier alpha value is -4.58. The molecule has 1 fully saturated rings. The first kappa shape index (κ1) is 25.7. The minimum absolute atomic E-state index is 0.0138. The lowest BCUT2D eigenvalue weighted by atomic mass is 9.85. The minimum atomic E-state index is 0.0138. The van der Waals surface area contributed by atoms with Gasteiger partial charge in [0.1, 0.15) is 6.33 Å². The van der Waals surface area contributed by atoms with Crippen molar-refractivity contribution in [3.63, 3.8) is 0 Å². The molecule has 0 saturated heterocycles. The third-order valence-corrected chi connectivity index (χ3v) is 7.96. The van der Waals surface area contributed by atoms with E-state index in [1.54, 1.807) is 6.33 Å². The summed E-state index contributed by atoms with van der Waals surface area (Å²) in [4.78, 5) is 18.7. The first-order chi connectivity index (χ1) is 19.6. The number of benzene rings is 2. The summed E-state index contributed by atoms with van der Waals surface area (Å²) in [5.41, 5.74) is 5.26. The fourth-order valence-electron chi connectivity index (χ4n) is 5.97. The van der Waals surface area contributed by atoms with E-state index < -0.39 is 0 Å². The number of hydrogen-bond donors (Lipinski definition) is 0. The van der Waals surface area contributed by atoms with Crippen LogP contribution in [0.15, 0.2) is 64.1 Å². The normalized spacial score (nSPS) is 17.2. The third-order valence-electron chi connectivity index (χ3n) is 7.96. The number of aryl methyl sites for hydroxylation is 2. The fraction of sp³-hybridized carbons (Fsp3) is 0.355. The molecule has 0 bridgehead atoms. The van der Waals surface area contributed by atoms with Gasteiger partial charge in [0.05, 0.1) is 17.3 Å². The Bertz CT molecular complexity index is 1750. The predicted octanol–water partition coefficient (Wildman–Crippen LogP) is 5.56. The van der Waals surface area contributed by atoms with Crippen LogP contribution in [-0.4, -0.2) is 29.4 Å². The summed E-state index contributed by atoms with van der Waals surface area (Å²) in [7, 11) is 0. The van der Waals surface area contributed by atoms with E-state index in [1.807, 2.05) is 64.5 Å². The van der Waals surface area contributed by atoms with E-state index in [9.17, 15) is 10.1 Å². The number of fused-ring (bicyclic) bond motifs is 1. The molecule has 0 N–H and O–H groups in total. The van der Waals surface area contributed by atoms with E-state index in [0.29, 0.717) is 29.5 Å². The summed E-state index contributed by atoms with van der Waals surface area (Å²) in [6, 6.07) is 18.0. The molecule has 0 aliphatic heterocycles. The second kappa shape index (κ2) is 10.9. The lowest BCUT2D eigenvalue weighted by molar-refractivity contribution is 0.287. The molecule has 2 aromatic carbocycles. The second-order valence-corrected chi connectivity index (χ2v) is 10.5. The van der Waals surface area contributed by atoms with E-state index >= 15 is 0 Å². The molecule has 5 aromatic rings. The van der Waals surface area contributed by atoms with Gasteiger partial charge in [0.25, 0.3) is 5.56 Å². The highest BCUT2D eigenvalue weighted by Crippen LogP contribution is 2.37. The molecule has 0 spiro atoms. The molecule has 6 rings (SSSR count). The molecule has 202 valence electrons. The Morgan fingerprint density at radius 3 is 2.52 bits per heavy atom. The summed E-state index contributed by atoms with van der Waals surface area (Å²) in [5.74, 6) is 2.09. The molecule has 1 aliphatic carbocycles. The third kappa shape index (κ3) is 4.70. The van der Waals surface area contributed by atoms with Gasteiger partial charge in [-0.05, 0) is 54.9 Å². The van der Waals surface area contributed by atoms with Crippen molar-refractivity contribution >= 4 is 5.78 Å². The Morgan fingerprint density at radius 1 is 1.05 bits per heavy atom. The van der Waals surface area contributed by atoms with Crippen LogP contribution in [0.3, 0.4) is 0 Å². The van der Waals surface area contributed by atoms with Crippen LogP contribution in [0.5, 0.6) is 0 Å². The molecule has 9 nitrogen and oxygen atoms in total. The van der Waals surface area contributed by atoms with Crippen molar-refractivity contribution < 1.29 is 4.42 Å². The number of rotatable bonds is 7. The topological polar surface area (TPSA) is 115 Å². The van der Waals surface area contributed by atoms with Gasteiger partial charge in [0.2, 0.25) is 17.6 Å². The maximum atomic E-state index is 14.2. The summed E-state index contributed by atoms with van der Waals surface area (Å²) >= 11 is 0. The summed E-state index contributed by atoms with van der Waals surface area (Å²) < 4.78 is 9.43. The van der Waals surface area contributed by atoms with Crippen molar-refractivity contribution in [1.82, 2.24) is 29.4 Å². The fourth-order valence-corrected chi connectivity index (χ4v) is 5.97. The van der Waals surface area contributed by atoms with Gasteiger partial charge in [0, 0.05) is 30.9 Å². The Morgan fingerprint density at radius 2 is 1.82 bits per heavy atom. The average molecular weight is 534 g/mol. The van der Waals surface area contributed by atoms with Crippen LogP contribution in [0.25, 0.3) is 16.9 Å². The van der Waals surface area contributed by atoms with Crippen molar-refractivity contribution in [1.29, 1.82) is 5.26 Å². The standard InChI is InChI=1S/C31H31N7O2/c1-3-6-28-27(17-21-9-11-22(12-10-21)26-8-5-4-7-24(26)18-32)30(39)37(31-33-19-34-38(28)31)25-15-13-23(14-16-25)29-36-35-20(2)40-29/h4-5,7-12,19,23,25H,3,6,13-17H2,1-2H3. The van der Waals surface area contributed by atoms with Crippen molar-refractivity contribution in [3.05, 3.63) is 99.4 Å². The van der Waals surface area contributed by atoms with Gasteiger partial charge in [-0.25, -0.2) is 4.52 Å². The lowest BCUT2D eigenvalue weighted by Crippen LogP contribution is -2.34. The maximum absolute atomic E-state index is 14.2. The predicted molar refractivity (Wildman–Crippen MR) is 150 cm³/mol. The van der Waals surface area contributed by atoms with Gasteiger partial charge in [0.15, 0.2) is 0 Å². The van der Waals surface area contributed by atoms with E-state index in [1.165, 1.54) is 0 Å². The van der Waals surface area contributed by atoms with Crippen molar-refractivity contribution in [2.45, 2.75) is 70.8 Å². The van der Waals surface area contributed by atoms with Crippen LogP contribution < -0.4 is 5.56 Å². The molecule has 0 unspecified atom stereocenters. The van der Waals surface area contributed by atoms with Gasteiger partial charge in [-0.3, -0.25) is 9.36 Å². The molecule has 3 aromatic heterocycles. The van der Waals surface area contributed by atoms with Gasteiger partial charge in [-0.1, -0.05) is 55.8 Å². The average Bonchev–Trinajstić information content (AvgIpc) is 3.65. The summed E-state index contributed by atoms with van der Waals surface area (Å²) in [6.45, 7) is 3.92. The first-order valence-corrected chi connectivity index (χ1v) is 13.9. The van der Waals surface area contributed by atoms with E-state index in [2.05, 4.69) is 33.3 Å². The quantitative estimate of drug-likeness (QED) is 0.269. The zero-order valence-corrected chi connectivity index (χ0v) is 22.7. The number of nitriles is 1. The number of hydrogen-bond acceptors (Lipinski definition) is 7. The molecule has 40 heavy (non-hydrogen) atoms. The first-order valence-electron chi connectivity index (χ1n) is 13.9. The second-order valence-electron chi connectivity index (χ2n) is 10.5. The van der Waals surface area contributed by atoms with E-state index in [4.69, 9.17) is 4.42 Å². The minimum Gasteiger partial charge on any atom is -0.425 e. The van der Waals surface area contributed by atoms with Gasteiger partial charge in [-0.15, -0.1) is 10.2 Å². The molecule has 0 radical (unpaired) electrons. The highest BCUT2D eigenvalue weighted by Gasteiger charge is 2.30. The maximum Gasteiger partial charge on any atom is 0.259 e. The van der Waals surface area contributed by atoms with Gasteiger partial charge < -0.3 is 4.42 Å². The van der Waals surface area contributed by atoms with Crippen LogP contribution in [0, 0.1) is 18.3 Å². The van der Waals surface area contributed by atoms with Crippen LogP contribution in [-0.2, 0) is 12.8 Å². The van der Waals surface area contributed by atoms with Crippen molar-refractivity contribution in [3.8, 4) is 17.2 Å². The smallest absolute Gasteiger partial charge is 0.259 e. The number of nitrogens with zero attached hydrogens (tertiary/aromatic N) is 7. The Balaban J connectivity index is 1.34. The molecule has 9 heteroatoms. The molecular weight excluding hydrogens is 502 g/mol. The molecule has 0 atom stereocenters. The molecule has 0 amide bonds. The SMILES string of the molecule is CCCc1c(Cc2ccc(-c3ccccc3C#N)cc2)c(=O)n(C2CCC(c3nnc(C)o3)CC2)c2ncnn12. The Labute approximate surface area is 232 Å². The monoisotopic (exact) mass is 533 g/mol. The van der Waals surface area contributed by atoms with E-state index in [-0.39, 0.29) is 17.5 Å². The lowest BCUT2D eigenvalue weighted by Gasteiger charge is -2.29. The Kier molecular flexibility index (Phi) is 6.99. The molecule has 1 aliphatic rings.